The highest BCUT2D eigenvalue weighted by Crippen LogP contribution is 2.42. The number of rotatable bonds is 5. The summed E-state index contributed by atoms with van der Waals surface area (Å²) in [6, 6.07) is 12.8. The number of hydrogen-bond acceptors (Lipinski definition) is 3. The van der Waals surface area contributed by atoms with Gasteiger partial charge in [0.05, 0.1) is 17.7 Å². The molecule has 3 rings (SSSR count). The summed E-state index contributed by atoms with van der Waals surface area (Å²) in [5, 5.41) is 37.2. The lowest BCUT2D eigenvalue weighted by molar-refractivity contribution is 0.649. The normalized spacial score (nSPS) is 16.3. The van der Waals surface area contributed by atoms with Gasteiger partial charge in [-0.25, -0.2) is 5.87 Å². The molecule has 1 aliphatic heterocycles. The van der Waals surface area contributed by atoms with Crippen LogP contribution in [0.3, 0.4) is 0 Å². The molecule has 0 radical (unpaired) electrons. The van der Waals surface area contributed by atoms with Crippen molar-refractivity contribution in [3.63, 3.8) is 0 Å². The predicted octanol–water partition coefficient (Wildman–Crippen LogP) is 3.26. The minimum absolute atomic E-state index is 0.0174. The SMILES string of the molecule is N#CC(=C=[N-])c1ccc(C(C#N)(C#N)CCC2=[S+]C3(C=C2)CC3)cc1. The molecule has 25 heavy (non-hydrogen) atoms. The molecule has 5 heteroatoms. The average molecular weight is 342 g/mol. The highest BCUT2D eigenvalue weighted by Gasteiger charge is 2.54. The van der Waals surface area contributed by atoms with E-state index in [0.717, 1.165) is 0 Å². The second-order valence-corrected chi connectivity index (χ2v) is 7.81. The summed E-state index contributed by atoms with van der Waals surface area (Å²) in [5.41, 5.74) is -0.106. The lowest BCUT2D eigenvalue weighted by Crippen LogP contribution is -2.23. The van der Waals surface area contributed by atoms with Gasteiger partial charge in [-0.1, -0.05) is 24.3 Å². The van der Waals surface area contributed by atoms with Gasteiger partial charge in [0.2, 0.25) is 9.61 Å². The van der Waals surface area contributed by atoms with Gasteiger partial charge in [0, 0.05) is 25.3 Å². The third-order valence-corrected chi connectivity index (χ3v) is 6.22. The number of nitriles is 3. The molecule has 1 heterocycles. The fraction of sp³-hybridized carbons (Fsp3) is 0.300. The first-order chi connectivity index (χ1) is 12.1. The molecular formula is C20H14N4S. The van der Waals surface area contributed by atoms with Gasteiger partial charge < -0.3 is 5.41 Å². The third-order valence-electron chi connectivity index (χ3n) is 4.67. The zero-order valence-corrected chi connectivity index (χ0v) is 14.3. The second-order valence-electron chi connectivity index (χ2n) is 6.27. The van der Waals surface area contributed by atoms with E-state index in [2.05, 4.69) is 24.3 Å². The van der Waals surface area contributed by atoms with Crippen molar-refractivity contribution in [2.75, 3.05) is 0 Å². The van der Waals surface area contributed by atoms with E-state index in [1.54, 1.807) is 24.3 Å². The molecule has 0 bridgehead atoms. The largest absolute Gasteiger partial charge is 0.762 e. The first-order valence-corrected chi connectivity index (χ1v) is 8.77. The lowest BCUT2D eigenvalue weighted by atomic mass is 9.78. The Morgan fingerprint density at radius 3 is 2.32 bits per heavy atom. The van der Waals surface area contributed by atoms with Crippen LogP contribution in [0.1, 0.15) is 36.8 Å². The first kappa shape index (κ1) is 16.8. The Bertz CT molecular complexity index is 923. The molecule has 4 nitrogen and oxygen atoms in total. The van der Waals surface area contributed by atoms with E-state index in [-0.39, 0.29) is 5.57 Å². The maximum absolute atomic E-state index is 9.67. The van der Waals surface area contributed by atoms with E-state index in [9.17, 15) is 10.5 Å². The predicted molar refractivity (Wildman–Crippen MR) is 99.4 cm³/mol. The van der Waals surface area contributed by atoms with E-state index >= 15 is 0 Å². The van der Waals surface area contributed by atoms with Gasteiger partial charge in [-0.3, -0.25) is 0 Å². The van der Waals surface area contributed by atoms with Crippen molar-refractivity contribution in [3.8, 4) is 18.2 Å². The number of allylic oxidation sites excluding steroid dienone is 2. The molecule has 1 aromatic rings. The van der Waals surface area contributed by atoms with Crippen LogP contribution in [-0.2, 0) is 16.8 Å². The molecule has 120 valence electrons. The highest BCUT2D eigenvalue weighted by atomic mass is 32.1. The highest BCUT2D eigenvalue weighted by molar-refractivity contribution is 7.81. The van der Waals surface area contributed by atoms with Gasteiger partial charge in [-0.15, -0.1) is 0 Å². The molecular weight excluding hydrogens is 328 g/mol. The number of nitrogens with zero attached hydrogens (tertiary/aromatic N) is 4. The molecule has 0 unspecified atom stereocenters. The summed E-state index contributed by atoms with van der Waals surface area (Å²) in [7, 11) is 0. The molecule has 0 amide bonds. The zero-order chi connectivity index (χ0) is 17.9. The Balaban J connectivity index is 1.82. The molecule has 0 atom stereocenters. The van der Waals surface area contributed by atoms with Gasteiger partial charge >= 0.3 is 0 Å². The van der Waals surface area contributed by atoms with Crippen LogP contribution in [0.25, 0.3) is 11.0 Å². The Kier molecular flexibility index (Phi) is 4.35. The standard InChI is InChI=1S/C20H14N4S/c21-11-16(12-22)15-1-3-17(4-2-15)19(13-23,14-24)7-5-18-6-8-20(25-18)9-10-20/h1-4,6,8H,5,7,9-10H2. The molecule has 0 aromatic heterocycles. The molecule has 1 saturated carbocycles. The van der Waals surface area contributed by atoms with Crippen LogP contribution < -0.4 is 0 Å². The maximum Gasteiger partial charge on any atom is 0.214 e. The Morgan fingerprint density at radius 2 is 1.84 bits per heavy atom. The molecule has 2 aliphatic rings. The minimum Gasteiger partial charge on any atom is -0.762 e. The molecule has 1 aromatic carbocycles. The van der Waals surface area contributed by atoms with E-state index in [1.807, 2.05) is 23.3 Å². The summed E-state index contributed by atoms with van der Waals surface area (Å²) in [4.78, 5) is 1.23. The fourth-order valence-electron chi connectivity index (χ4n) is 2.90. The van der Waals surface area contributed by atoms with Crippen LogP contribution in [0.2, 0.25) is 0 Å². The van der Waals surface area contributed by atoms with Crippen molar-refractivity contribution >= 4 is 27.7 Å². The van der Waals surface area contributed by atoms with Crippen molar-refractivity contribution in [3.05, 3.63) is 53.0 Å². The van der Waals surface area contributed by atoms with Gasteiger partial charge in [-0.05, 0) is 23.6 Å². The topological polar surface area (TPSA) is 93.7 Å². The quantitative estimate of drug-likeness (QED) is 0.356. The van der Waals surface area contributed by atoms with Crippen LogP contribution in [0.15, 0.2) is 36.4 Å². The molecule has 0 saturated heterocycles. The van der Waals surface area contributed by atoms with Crippen LogP contribution in [0, 0.1) is 34.0 Å². The van der Waals surface area contributed by atoms with Crippen molar-refractivity contribution in [1.82, 2.24) is 0 Å². The van der Waals surface area contributed by atoms with Crippen LogP contribution in [0.4, 0.5) is 0 Å². The number of benzene rings is 1. The monoisotopic (exact) mass is 342 g/mol. The van der Waals surface area contributed by atoms with Gasteiger partial charge in [-0.2, -0.15) is 15.8 Å². The second kappa shape index (κ2) is 6.46. The Hall–Kier alpha value is -3.03. The van der Waals surface area contributed by atoms with E-state index < -0.39 is 5.41 Å². The van der Waals surface area contributed by atoms with Crippen molar-refractivity contribution in [2.45, 2.75) is 35.8 Å². The Labute approximate surface area is 150 Å². The van der Waals surface area contributed by atoms with Crippen LogP contribution in [0.5, 0.6) is 0 Å². The minimum atomic E-state index is -1.22. The molecule has 0 N–H and O–H groups in total. The van der Waals surface area contributed by atoms with Crippen molar-refractivity contribution in [2.24, 2.45) is 0 Å². The molecule has 1 fully saturated rings. The molecule has 1 spiro atoms. The van der Waals surface area contributed by atoms with E-state index in [1.165, 1.54) is 17.7 Å². The summed E-state index contributed by atoms with van der Waals surface area (Å²) in [6.45, 7) is 0. The number of hydrogen-bond donors (Lipinski definition) is 0. The average Bonchev–Trinajstić information content (AvgIpc) is 3.29. The van der Waals surface area contributed by atoms with Crippen molar-refractivity contribution in [1.29, 1.82) is 15.8 Å². The van der Waals surface area contributed by atoms with E-state index in [4.69, 9.17) is 10.7 Å². The third kappa shape index (κ3) is 3.15. The summed E-state index contributed by atoms with van der Waals surface area (Å²) in [5.74, 6) is 1.84. The van der Waals surface area contributed by atoms with Gasteiger partial charge in [0.15, 0.2) is 16.8 Å². The van der Waals surface area contributed by atoms with Gasteiger partial charge in [0.25, 0.3) is 0 Å². The Morgan fingerprint density at radius 1 is 1.16 bits per heavy atom. The summed E-state index contributed by atoms with van der Waals surface area (Å²) < 4.78 is 0.305. The van der Waals surface area contributed by atoms with E-state index in [0.29, 0.717) is 28.7 Å². The first-order valence-electron chi connectivity index (χ1n) is 7.95. The smallest absolute Gasteiger partial charge is 0.214 e. The maximum atomic E-state index is 9.67. The summed E-state index contributed by atoms with van der Waals surface area (Å²) in [6.07, 6.45) is 7.90. The van der Waals surface area contributed by atoms with Crippen LogP contribution in [-0.4, -0.2) is 15.5 Å². The molecule has 1 aliphatic carbocycles. The van der Waals surface area contributed by atoms with Crippen LogP contribution >= 0.6 is 0 Å². The lowest BCUT2D eigenvalue weighted by Gasteiger charge is -2.18. The zero-order valence-electron chi connectivity index (χ0n) is 13.5. The van der Waals surface area contributed by atoms with Crippen molar-refractivity contribution < 1.29 is 0 Å². The fourth-order valence-corrected chi connectivity index (χ4v) is 4.20. The van der Waals surface area contributed by atoms with Gasteiger partial charge in [0.1, 0.15) is 6.07 Å². The summed E-state index contributed by atoms with van der Waals surface area (Å²) >= 11 is 1.86.